The number of hydrogen-bond acceptors (Lipinski definition) is 6. The van der Waals surface area contributed by atoms with Gasteiger partial charge < -0.3 is 15.0 Å². The van der Waals surface area contributed by atoms with Crippen LogP contribution in [0.3, 0.4) is 0 Å². The molecular formula is C17H19N3O4S. The van der Waals surface area contributed by atoms with Gasteiger partial charge in [0.05, 0.1) is 31.0 Å². The van der Waals surface area contributed by atoms with Crippen LogP contribution in [-0.2, 0) is 20.7 Å². The second kappa shape index (κ2) is 9.03. The maximum atomic E-state index is 12.1. The number of ether oxygens (including phenoxy) is 1. The largest absolute Gasteiger partial charge is 0.469 e. The first-order valence-corrected chi connectivity index (χ1v) is 8.60. The number of benzene rings is 1. The van der Waals surface area contributed by atoms with Crippen molar-refractivity contribution in [3.05, 3.63) is 58.0 Å². The summed E-state index contributed by atoms with van der Waals surface area (Å²) in [7, 11) is 1.27. The fraction of sp³-hybridized carbons (Fsp3) is 0.294. The Morgan fingerprint density at radius 2 is 2.04 bits per heavy atom. The lowest BCUT2D eigenvalue weighted by molar-refractivity contribution is -0.139. The third-order valence-corrected chi connectivity index (χ3v) is 4.22. The van der Waals surface area contributed by atoms with Crippen molar-refractivity contribution in [2.24, 2.45) is 0 Å². The molecule has 8 heteroatoms. The van der Waals surface area contributed by atoms with Crippen LogP contribution in [-0.4, -0.2) is 34.7 Å². The molecule has 0 saturated heterocycles. The molecule has 132 valence electrons. The molecule has 1 aromatic heterocycles. The Balaban J connectivity index is 1.93. The number of thioether (sulfide) groups is 1. The smallest absolute Gasteiger partial charge is 0.311 e. The van der Waals surface area contributed by atoms with E-state index in [9.17, 15) is 14.4 Å². The Hall–Kier alpha value is -2.61. The molecule has 0 saturated carbocycles. The van der Waals surface area contributed by atoms with Crippen molar-refractivity contribution in [2.75, 3.05) is 12.9 Å². The molecule has 0 spiro atoms. The van der Waals surface area contributed by atoms with E-state index in [1.54, 1.807) is 0 Å². The summed E-state index contributed by atoms with van der Waals surface area (Å²) in [6, 6.07) is 10.7. The first-order chi connectivity index (χ1) is 12.0. The zero-order valence-electron chi connectivity index (χ0n) is 13.9. The molecular weight excluding hydrogens is 342 g/mol. The number of rotatable bonds is 7. The first kappa shape index (κ1) is 18.7. The first-order valence-electron chi connectivity index (χ1n) is 7.62. The van der Waals surface area contributed by atoms with E-state index in [-0.39, 0.29) is 34.8 Å². The predicted octanol–water partition coefficient (Wildman–Crippen LogP) is 1.45. The highest BCUT2D eigenvalue weighted by Crippen LogP contribution is 2.14. The van der Waals surface area contributed by atoms with E-state index in [1.165, 1.54) is 13.2 Å². The van der Waals surface area contributed by atoms with Gasteiger partial charge in [0.1, 0.15) is 0 Å². The molecule has 0 fully saturated rings. The van der Waals surface area contributed by atoms with Gasteiger partial charge in [-0.2, -0.15) is 0 Å². The van der Waals surface area contributed by atoms with Crippen LogP contribution in [0.5, 0.6) is 0 Å². The van der Waals surface area contributed by atoms with Gasteiger partial charge in [0.2, 0.25) is 5.91 Å². The minimum Gasteiger partial charge on any atom is -0.469 e. The molecule has 1 aromatic carbocycles. The number of hydrogen-bond donors (Lipinski definition) is 2. The average Bonchev–Trinajstić information content (AvgIpc) is 2.60. The van der Waals surface area contributed by atoms with Gasteiger partial charge >= 0.3 is 5.97 Å². The molecule has 1 atom stereocenters. The minimum atomic E-state index is -0.483. The molecule has 2 aromatic rings. The summed E-state index contributed by atoms with van der Waals surface area (Å²) in [5.74, 6) is -0.562. The quantitative estimate of drug-likeness (QED) is 0.440. The van der Waals surface area contributed by atoms with E-state index >= 15 is 0 Å². The molecule has 0 aliphatic carbocycles. The predicted molar refractivity (Wildman–Crippen MR) is 94.3 cm³/mol. The van der Waals surface area contributed by atoms with E-state index in [0.29, 0.717) is 5.69 Å². The summed E-state index contributed by atoms with van der Waals surface area (Å²) >= 11 is 1.10. The lowest BCUT2D eigenvalue weighted by Gasteiger charge is -2.14. The summed E-state index contributed by atoms with van der Waals surface area (Å²) in [5.41, 5.74) is 0.929. The van der Waals surface area contributed by atoms with E-state index in [4.69, 9.17) is 0 Å². The van der Waals surface area contributed by atoms with Gasteiger partial charge in [-0.15, -0.1) is 0 Å². The highest BCUT2D eigenvalue weighted by atomic mass is 32.2. The molecule has 2 rings (SSSR count). The molecule has 0 bridgehead atoms. The van der Waals surface area contributed by atoms with Crippen molar-refractivity contribution < 1.29 is 14.3 Å². The molecule has 25 heavy (non-hydrogen) atoms. The Morgan fingerprint density at radius 1 is 1.32 bits per heavy atom. The van der Waals surface area contributed by atoms with Crippen LogP contribution < -0.4 is 10.9 Å². The Labute approximate surface area is 149 Å². The molecule has 7 nitrogen and oxygen atoms in total. The monoisotopic (exact) mass is 361 g/mol. The number of aromatic amines is 1. The number of carbonyl (C=O) groups excluding carboxylic acids is 2. The molecule has 0 aliphatic heterocycles. The number of methoxy groups -OCH3 is 1. The third kappa shape index (κ3) is 6.07. The normalized spacial score (nSPS) is 11.6. The summed E-state index contributed by atoms with van der Waals surface area (Å²) in [6.07, 6.45) is -0.0920. The third-order valence-electron chi connectivity index (χ3n) is 3.34. The van der Waals surface area contributed by atoms with Crippen molar-refractivity contribution in [1.82, 2.24) is 15.3 Å². The maximum Gasteiger partial charge on any atom is 0.311 e. The standard InChI is InChI=1S/C17H19N3O4S/c1-11(12-6-4-3-5-7-12)18-15(22)10-25-17-19-13(8-14(21)20-17)9-16(23)24-2/h3-8,11H,9-10H2,1-2H3,(H,18,22)(H,19,20,21)/t11-/m1/s1. The number of H-pyrrole nitrogens is 1. The van der Waals surface area contributed by atoms with Crippen LogP contribution in [0.25, 0.3) is 0 Å². The van der Waals surface area contributed by atoms with Crippen molar-refractivity contribution in [3.63, 3.8) is 0 Å². The van der Waals surface area contributed by atoms with Crippen molar-refractivity contribution in [2.45, 2.75) is 24.5 Å². The van der Waals surface area contributed by atoms with E-state index in [2.05, 4.69) is 20.0 Å². The Bertz CT molecular complexity index is 792. The highest BCUT2D eigenvalue weighted by Gasteiger charge is 2.12. The number of aromatic nitrogens is 2. The van der Waals surface area contributed by atoms with E-state index in [1.807, 2.05) is 37.3 Å². The average molecular weight is 361 g/mol. The summed E-state index contributed by atoms with van der Waals surface area (Å²) in [4.78, 5) is 41.7. The minimum absolute atomic E-state index is 0.0920. The molecule has 2 N–H and O–H groups in total. The number of esters is 1. The fourth-order valence-corrected chi connectivity index (χ4v) is 2.81. The van der Waals surface area contributed by atoms with Crippen LogP contribution in [0.4, 0.5) is 0 Å². The van der Waals surface area contributed by atoms with Crippen molar-refractivity contribution in [1.29, 1.82) is 0 Å². The van der Waals surface area contributed by atoms with Crippen LogP contribution in [0.15, 0.2) is 46.3 Å². The summed E-state index contributed by atoms with van der Waals surface area (Å²) < 4.78 is 4.56. The highest BCUT2D eigenvalue weighted by molar-refractivity contribution is 7.99. The van der Waals surface area contributed by atoms with E-state index in [0.717, 1.165) is 17.3 Å². The zero-order chi connectivity index (χ0) is 18.2. The number of carbonyl (C=O) groups is 2. The lowest BCUT2D eigenvalue weighted by Crippen LogP contribution is -2.28. The second-order valence-corrected chi connectivity index (χ2v) is 6.25. The van der Waals surface area contributed by atoms with Crippen LogP contribution in [0.2, 0.25) is 0 Å². The summed E-state index contributed by atoms with van der Waals surface area (Å²) in [5, 5.41) is 3.17. The summed E-state index contributed by atoms with van der Waals surface area (Å²) in [6.45, 7) is 1.90. The molecule has 1 heterocycles. The fourth-order valence-electron chi connectivity index (χ4n) is 2.10. The molecule has 0 unspecified atom stereocenters. The van der Waals surface area contributed by atoms with Gasteiger partial charge in [-0.3, -0.25) is 14.4 Å². The number of nitrogens with one attached hydrogen (secondary N) is 2. The molecule has 1 amide bonds. The van der Waals surface area contributed by atoms with Gasteiger partial charge in [-0.1, -0.05) is 42.1 Å². The van der Waals surface area contributed by atoms with Gasteiger partial charge in [0.15, 0.2) is 5.16 Å². The zero-order valence-corrected chi connectivity index (χ0v) is 14.8. The SMILES string of the molecule is COC(=O)Cc1cc(=O)[nH]c(SCC(=O)N[C@H](C)c2ccccc2)n1. The van der Waals surface area contributed by atoms with Gasteiger partial charge in [-0.25, -0.2) is 4.98 Å². The Morgan fingerprint density at radius 3 is 2.72 bits per heavy atom. The topological polar surface area (TPSA) is 101 Å². The van der Waals surface area contributed by atoms with Crippen molar-refractivity contribution >= 4 is 23.6 Å². The van der Waals surface area contributed by atoms with Gasteiger partial charge in [0, 0.05) is 6.07 Å². The van der Waals surface area contributed by atoms with Crippen LogP contribution in [0, 0.1) is 0 Å². The molecule has 0 aliphatic rings. The number of nitrogens with zero attached hydrogens (tertiary/aromatic N) is 1. The van der Waals surface area contributed by atoms with Crippen LogP contribution in [0.1, 0.15) is 24.2 Å². The maximum absolute atomic E-state index is 12.1. The lowest BCUT2D eigenvalue weighted by atomic mass is 10.1. The van der Waals surface area contributed by atoms with Gasteiger partial charge in [-0.05, 0) is 12.5 Å². The van der Waals surface area contributed by atoms with E-state index < -0.39 is 5.97 Å². The molecule has 0 radical (unpaired) electrons. The Kier molecular flexibility index (Phi) is 6.76. The second-order valence-electron chi connectivity index (χ2n) is 5.28. The van der Waals surface area contributed by atoms with Gasteiger partial charge in [0.25, 0.3) is 5.56 Å². The van der Waals surface area contributed by atoms with Crippen molar-refractivity contribution in [3.8, 4) is 0 Å². The van der Waals surface area contributed by atoms with Crippen LogP contribution >= 0.6 is 11.8 Å². The number of amides is 1.